The molecule has 1 fully saturated rings. The van der Waals surface area contributed by atoms with Crippen molar-refractivity contribution < 1.29 is 18.8 Å². The van der Waals surface area contributed by atoms with Gasteiger partial charge in [0.15, 0.2) is 0 Å². The van der Waals surface area contributed by atoms with Crippen molar-refractivity contribution in [3.63, 3.8) is 0 Å². The van der Waals surface area contributed by atoms with Crippen molar-refractivity contribution in [1.29, 1.82) is 0 Å². The highest BCUT2D eigenvalue weighted by molar-refractivity contribution is 6.62. The van der Waals surface area contributed by atoms with E-state index in [9.17, 15) is 18.8 Å². The van der Waals surface area contributed by atoms with E-state index >= 15 is 0 Å². The van der Waals surface area contributed by atoms with Crippen LogP contribution in [-0.4, -0.2) is 49.2 Å². The molecule has 0 saturated heterocycles. The number of fused-ring (bicyclic) bond motifs is 1. The molecule has 0 spiro atoms. The number of hydrogen-bond donors (Lipinski definition) is 3. The number of hydrogen-bond acceptors (Lipinski definition) is 7. The lowest BCUT2D eigenvalue weighted by atomic mass is 9.86. The second-order valence-corrected chi connectivity index (χ2v) is 9.26. The molecule has 2 amide bonds. The first-order valence-corrected chi connectivity index (χ1v) is 12.0. The molecule has 13 heteroatoms. The summed E-state index contributed by atoms with van der Waals surface area (Å²) in [6, 6.07) is 6.28. The molecule has 200 valence electrons. The Morgan fingerprint density at radius 1 is 1.14 bits per heavy atom. The van der Waals surface area contributed by atoms with Gasteiger partial charge in [0.2, 0.25) is 5.24 Å². The van der Waals surface area contributed by atoms with Crippen molar-refractivity contribution >= 4 is 46.8 Å². The first-order chi connectivity index (χ1) is 17.1. The number of nitrogens with one attached hydrogen (secondary N) is 2. The Bertz CT molecular complexity index is 1240. The molecule has 0 bridgehead atoms. The quantitative estimate of drug-likeness (QED) is 0.398. The monoisotopic (exact) mass is 553 g/mol. The molecule has 0 unspecified atom stereocenters. The largest absolute Gasteiger partial charge is 0.350 e. The van der Waals surface area contributed by atoms with Crippen LogP contribution in [0, 0.1) is 18.7 Å². The molecule has 1 aliphatic rings. The molecule has 4 N–H and O–H groups in total. The number of halogens is 3. The lowest BCUT2D eigenvalue weighted by molar-refractivity contribution is -0.109. The molecule has 1 aromatic carbocycles. The molecule has 2 heterocycles. The van der Waals surface area contributed by atoms with Crippen LogP contribution in [0.2, 0.25) is 0 Å². The summed E-state index contributed by atoms with van der Waals surface area (Å²) >= 11 is 4.64. The van der Waals surface area contributed by atoms with E-state index in [4.69, 9.17) is 5.73 Å². The molecule has 2 aromatic heterocycles. The van der Waals surface area contributed by atoms with E-state index in [0.29, 0.717) is 18.0 Å². The highest BCUT2D eigenvalue weighted by Crippen LogP contribution is 2.22. The summed E-state index contributed by atoms with van der Waals surface area (Å²) < 4.78 is 14.8. The van der Waals surface area contributed by atoms with Crippen LogP contribution in [0.15, 0.2) is 30.6 Å². The zero-order valence-electron chi connectivity index (χ0n) is 20.5. The number of nitrogens with two attached hydrogens (primary N) is 1. The van der Waals surface area contributed by atoms with E-state index in [-0.39, 0.29) is 59.1 Å². The zero-order chi connectivity index (χ0) is 26.2. The van der Waals surface area contributed by atoms with Crippen LogP contribution in [0.25, 0.3) is 5.78 Å². The Morgan fingerprint density at radius 3 is 2.46 bits per heavy atom. The van der Waals surface area contributed by atoms with E-state index in [2.05, 4.69) is 37.3 Å². The minimum absolute atomic E-state index is 0. The lowest BCUT2D eigenvalue weighted by Crippen LogP contribution is -2.35. The van der Waals surface area contributed by atoms with E-state index in [1.165, 1.54) is 29.9 Å². The molecule has 0 atom stereocenters. The summed E-state index contributed by atoms with van der Waals surface area (Å²) in [5.74, 6) is -0.572. The summed E-state index contributed by atoms with van der Waals surface area (Å²) in [4.78, 5) is 43.0. The number of carbonyl (C=O) groups is 3. The van der Waals surface area contributed by atoms with Gasteiger partial charge in [0, 0.05) is 32.1 Å². The van der Waals surface area contributed by atoms with Gasteiger partial charge < -0.3 is 16.4 Å². The number of rotatable bonds is 6. The van der Waals surface area contributed by atoms with Crippen LogP contribution in [-0.2, 0) is 11.3 Å². The molecule has 1 aliphatic carbocycles. The molecular weight excluding hydrogens is 524 g/mol. The Hall–Kier alpha value is -3.15. The maximum absolute atomic E-state index is 13.4. The predicted molar refractivity (Wildman–Crippen MR) is 139 cm³/mol. The molecule has 10 nitrogen and oxygen atoms in total. The molecule has 37 heavy (non-hydrogen) atoms. The predicted octanol–water partition coefficient (Wildman–Crippen LogP) is 2.94. The fourth-order valence-electron chi connectivity index (χ4n) is 3.90. The van der Waals surface area contributed by atoms with Crippen molar-refractivity contribution in [2.75, 3.05) is 6.54 Å². The minimum Gasteiger partial charge on any atom is -0.350 e. The summed E-state index contributed by atoms with van der Waals surface area (Å²) in [5, 5.41) is 9.38. The number of carbonyl (C=O) groups excluding carboxylic acids is 3. The first kappa shape index (κ1) is 30.1. The van der Waals surface area contributed by atoms with Crippen molar-refractivity contribution in [2.45, 2.75) is 52.1 Å². The van der Waals surface area contributed by atoms with Gasteiger partial charge in [-0.15, -0.1) is 12.4 Å². The van der Waals surface area contributed by atoms with Gasteiger partial charge in [-0.1, -0.05) is 12.1 Å². The lowest BCUT2D eigenvalue weighted by Gasteiger charge is -2.26. The Morgan fingerprint density at radius 2 is 1.81 bits per heavy atom. The summed E-state index contributed by atoms with van der Waals surface area (Å²) in [7, 11) is 0. The van der Waals surface area contributed by atoms with Gasteiger partial charge in [-0.3, -0.25) is 14.4 Å². The minimum atomic E-state index is -0.465. The van der Waals surface area contributed by atoms with Crippen molar-refractivity contribution in [1.82, 2.24) is 30.2 Å². The van der Waals surface area contributed by atoms with Gasteiger partial charge in [-0.05, 0) is 67.3 Å². The Kier molecular flexibility index (Phi) is 11.4. The maximum atomic E-state index is 13.4. The Balaban J connectivity index is 0.000000898. The van der Waals surface area contributed by atoms with E-state index in [1.54, 1.807) is 19.1 Å². The molecule has 3 aromatic rings. The van der Waals surface area contributed by atoms with Crippen LogP contribution in [0.5, 0.6) is 0 Å². The van der Waals surface area contributed by atoms with Gasteiger partial charge in [0.05, 0.1) is 0 Å². The van der Waals surface area contributed by atoms with Gasteiger partial charge in [-0.25, -0.2) is 9.37 Å². The third-order valence-corrected chi connectivity index (χ3v) is 5.84. The van der Waals surface area contributed by atoms with Crippen molar-refractivity contribution in [2.24, 2.45) is 11.7 Å². The van der Waals surface area contributed by atoms with E-state index in [1.807, 2.05) is 0 Å². The van der Waals surface area contributed by atoms with Gasteiger partial charge in [0.25, 0.3) is 17.6 Å². The molecule has 1 saturated carbocycles. The number of aromatic nitrogens is 4. The average Bonchev–Trinajstić information content (AvgIpc) is 3.32. The number of benzene rings is 1. The number of aryl methyl sites for hydroxylation is 1. The smallest absolute Gasteiger partial charge is 0.270 e. The molecule has 0 radical (unpaired) electrons. The topological polar surface area (TPSA) is 144 Å². The van der Waals surface area contributed by atoms with Crippen LogP contribution >= 0.6 is 24.0 Å². The average molecular weight is 554 g/mol. The third kappa shape index (κ3) is 8.73. The number of nitrogens with zero attached hydrogens (tertiary/aromatic N) is 4. The van der Waals surface area contributed by atoms with Gasteiger partial charge >= 0.3 is 0 Å². The van der Waals surface area contributed by atoms with Crippen LogP contribution < -0.4 is 16.4 Å². The molecule has 4 rings (SSSR count). The summed E-state index contributed by atoms with van der Waals surface area (Å²) in [6.07, 6.45) is 5.16. The van der Waals surface area contributed by atoms with E-state index in [0.717, 1.165) is 31.2 Å². The normalized spacial score (nSPS) is 16.7. The van der Waals surface area contributed by atoms with Crippen LogP contribution in [0.1, 0.15) is 64.7 Å². The SMILES string of the molecule is CC(=O)Cl.Cc1cc(CNC(=O)c2cc(C(=O)NCC3CCC(N)CC3)n3ncnc3n2)ccc1F.Cl. The summed E-state index contributed by atoms with van der Waals surface area (Å²) in [6.45, 7) is 3.69. The Labute approximate surface area is 225 Å². The van der Waals surface area contributed by atoms with Crippen LogP contribution in [0.4, 0.5) is 4.39 Å². The second-order valence-electron chi connectivity index (χ2n) is 8.73. The highest BCUT2D eigenvalue weighted by Gasteiger charge is 2.22. The number of amides is 2. The third-order valence-electron chi connectivity index (χ3n) is 5.84. The second kappa shape index (κ2) is 14.0. The first-order valence-electron chi connectivity index (χ1n) is 11.6. The van der Waals surface area contributed by atoms with Crippen LogP contribution in [0.3, 0.4) is 0 Å². The van der Waals surface area contributed by atoms with E-state index < -0.39 is 5.91 Å². The molecular formula is C24H30Cl2FN7O3. The van der Waals surface area contributed by atoms with Crippen molar-refractivity contribution in [3.8, 4) is 0 Å². The standard InChI is InChI=1S/C22H26FN7O2.C2H3ClO.ClH/c1-13-8-15(4-7-17(13)23)11-25-20(31)18-9-19(30-22(29-18)27-12-28-30)21(32)26-10-14-2-5-16(24)6-3-14;1-2(3)4;/h4,7-9,12,14,16H,2-3,5-6,10-11,24H2,1H3,(H,25,31)(H,26,32);1H3;1H. The summed E-state index contributed by atoms with van der Waals surface area (Å²) in [5.41, 5.74) is 7.44. The fraction of sp³-hybridized carbons (Fsp3) is 0.417. The molecule has 0 aliphatic heterocycles. The fourth-order valence-corrected chi connectivity index (χ4v) is 3.90. The highest BCUT2D eigenvalue weighted by atomic mass is 35.5. The van der Waals surface area contributed by atoms with Gasteiger partial charge in [-0.2, -0.15) is 14.6 Å². The maximum Gasteiger partial charge on any atom is 0.270 e. The van der Waals surface area contributed by atoms with Gasteiger partial charge in [0.1, 0.15) is 23.5 Å². The zero-order valence-corrected chi connectivity index (χ0v) is 22.1. The van der Waals surface area contributed by atoms with Crippen molar-refractivity contribution in [3.05, 3.63) is 58.9 Å².